The lowest BCUT2D eigenvalue weighted by molar-refractivity contribution is -0.193. The Labute approximate surface area is 178 Å². The van der Waals surface area contributed by atoms with Crippen LogP contribution in [0.5, 0.6) is 0 Å². The number of halogens is 6. The van der Waals surface area contributed by atoms with Gasteiger partial charge in [0.05, 0.1) is 6.54 Å². The first-order valence-corrected chi connectivity index (χ1v) is 8.64. The van der Waals surface area contributed by atoms with E-state index in [9.17, 15) is 31.1 Å². The van der Waals surface area contributed by atoms with E-state index in [1.165, 1.54) is 5.56 Å². The highest BCUT2D eigenvalue weighted by Crippen LogP contribution is 2.20. The zero-order chi connectivity index (χ0) is 25.3. The Morgan fingerprint density at radius 1 is 1.03 bits per heavy atom. The minimum atomic E-state index is -5.08. The van der Waals surface area contributed by atoms with Crippen molar-refractivity contribution < 1.29 is 50.9 Å². The second kappa shape index (κ2) is 12.1. The van der Waals surface area contributed by atoms with Crippen LogP contribution in [0.15, 0.2) is 18.3 Å². The van der Waals surface area contributed by atoms with Crippen LogP contribution in [0.1, 0.15) is 5.56 Å². The molecule has 0 aliphatic carbocycles. The molecule has 1 aliphatic rings. The molecule has 15 heteroatoms. The number of pyridine rings is 1. The zero-order valence-electron chi connectivity index (χ0n) is 17.2. The van der Waals surface area contributed by atoms with E-state index in [2.05, 4.69) is 20.9 Å². The van der Waals surface area contributed by atoms with E-state index in [1.807, 2.05) is 19.3 Å². The molecular weight excluding hydrogens is 454 g/mol. The number of alkyl halides is 6. The Morgan fingerprint density at radius 2 is 1.50 bits per heavy atom. The maximum absolute atomic E-state index is 11.8. The van der Waals surface area contributed by atoms with Gasteiger partial charge in [0, 0.05) is 52.5 Å². The van der Waals surface area contributed by atoms with Crippen LogP contribution in [0.4, 0.5) is 32.2 Å². The number of amides is 1. The van der Waals surface area contributed by atoms with Crippen molar-refractivity contribution in [3.8, 4) is 0 Å². The second-order valence-corrected chi connectivity index (χ2v) is 6.51. The Kier molecular flexibility index (Phi) is 10.9. The number of carboxylic acid groups (broad SMARTS) is 2. The van der Waals surface area contributed by atoms with Gasteiger partial charge in [-0.05, 0) is 6.07 Å². The highest BCUT2D eigenvalue weighted by atomic mass is 19.4. The van der Waals surface area contributed by atoms with Crippen LogP contribution in [0.3, 0.4) is 0 Å². The SMILES string of the molecule is CN(C)C(=O)CN1CCN(C)c2ncccc2C1.O=C(O)C(F)(F)F.O=C(O)C(F)(F)F. The highest BCUT2D eigenvalue weighted by Gasteiger charge is 2.38. The highest BCUT2D eigenvalue weighted by molar-refractivity contribution is 5.77. The Morgan fingerprint density at radius 3 is 1.91 bits per heavy atom. The summed E-state index contributed by atoms with van der Waals surface area (Å²) < 4.78 is 63.5. The number of carbonyl (C=O) groups excluding carboxylic acids is 1. The predicted molar refractivity (Wildman–Crippen MR) is 98.9 cm³/mol. The van der Waals surface area contributed by atoms with E-state index in [4.69, 9.17) is 19.8 Å². The molecular formula is C17H22F6N4O5. The summed E-state index contributed by atoms with van der Waals surface area (Å²) in [5.41, 5.74) is 1.18. The quantitative estimate of drug-likeness (QED) is 0.620. The van der Waals surface area contributed by atoms with Gasteiger partial charge in [-0.15, -0.1) is 0 Å². The number of carbonyl (C=O) groups is 3. The molecule has 1 amide bonds. The number of hydrogen-bond acceptors (Lipinski definition) is 6. The zero-order valence-corrected chi connectivity index (χ0v) is 17.2. The number of hydrogen-bond donors (Lipinski definition) is 2. The average Bonchev–Trinajstić information content (AvgIpc) is 2.80. The van der Waals surface area contributed by atoms with E-state index in [-0.39, 0.29) is 5.91 Å². The summed E-state index contributed by atoms with van der Waals surface area (Å²) in [4.78, 5) is 39.9. The van der Waals surface area contributed by atoms with Gasteiger partial charge < -0.3 is 20.0 Å². The van der Waals surface area contributed by atoms with Crippen LogP contribution < -0.4 is 4.90 Å². The molecule has 2 rings (SSSR count). The second-order valence-electron chi connectivity index (χ2n) is 6.51. The van der Waals surface area contributed by atoms with Crippen molar-refractivity contribution in [3.05, 3.63) is 23.9 Å². The van der Waals surface area contributed by atoms with Gasteiger partial charge in [0.1, 0.15) is 5.82 Å². The minimum Gasteiger partial charge on any atom is -0.475 e. The molecule has 0 saturated heterocycles. The maximum Gasteiger partial charge on any atom is 0.490 e. The molecule has 182 valence electrons. The molecule has 32 heavy (non-hydrogen) atoms. The fourth-order valence-electron chi connectivity index (χ4n) is 2.08. The van der Waals surface area contributed by atoms with Crippen molar-refractivity contribution in [1.29, 1.82) is 0 Å². The molecule has 0 fully saturated rings. The minimum absolute atomic E-state index is 0.144. The van der Waals surface area contributed by atoms with Gasteiger partial charge in [0.15, 0.2) is 0 Å². The van der Waals surface area contributed by atoms with E-state index < -0.39 is 24.3 Å². The summed E-state index contributed by atoms with van der Waals surface area (Å²) in [7, 11) is 5.63. The molecule has 0 saturated carbocycles. The van der Waals surface area contributed by atoms with E-state index >= 15 is 0 Å². The lowest BCUT2D eigenvalue weighted by Crippen LogP contribution is -2.38. The number of rotatable bonds is 2. The summed E-state index contributed by atoms with van der Waals surface area (Å²) in [5.74, 6) is -4.35. The molecule has 0 radical (unpaired) electrons. The van der Waals surface area contributed by atoms with Crippen LogP contribution >= 0.6 is 0 Å². The fraction of sp³-hybridized carbons (Fsp3) is 0.529. The lowest BCUT2D eigenvalue weighted by atomic mass is 10.2. The molecule has 2 N–H and O–H groups in total. The van der Waals surface area contributed by atoms with Crippen LogP contribution in [0, 0.1) is 0 Å². The van der Waals surface area contributed by atoms with Crippen LogP contribution in [0.2, 0.25) is 0 Å². The van der Waals surface area contributed by atoms with E-state index in [1.54, 1.807) is 19.0 Å². The van der Waals surface area contributed by atoms with Gasteiger partial charge in [-0.2, -0.15) is 26.3 Å². The molecule has 0 unspecified atom stereocenters. The molecule has 0 atom stereocenters. The summed E-state index contributed by atoms with van der Waals surface area (Å²) >= 11 is 0. The number of fused-ring (bicyclic) bond motifs is 1. The van der Waals surface area contributed by atoms with Crippen molar-refractivity contribution in [3.63, 3.8) is 0 Å². The normalized spacial score (nSPS) is 14.0. The fourth-order valence-corrected chi connectivity index (χ4v) is 2.08. The molecule has 2 heterocycles. The van der Waals surface area contributed by atoms with Crippen molar-refractivity contribution in [1.82, 2.24) is 14.8 Å². The molecule has 1 aromatic rings. The van der Waals surface area contributed by atoms with Gasteiger partial charge in [-0.3, -0.25) is 9.69 Å². The number of anilines is 1. The number of aliphatic carboxylic acids is 2. The Hall–Kier alpha value is -3.10. The Bertz CT molecular complexity index is 761. The third-order valence-electron chi connectivity index (χ3n) is 3.72. The molecule has 1 aliphatic heterocycles. The van der Waals surface area contributed by atoms with Gasteiger partial charge in [0.25, 0.3) is 0 Å². The average molecular weight is 476 g/mol. The third-order valence-corrected chi connectivity index (χ3v) is 3.72. The first-order chi connectivity index (χ1) is 14.5. The van der Waals surface area contributed by atoms with Crippen LogP contribution in [-0.2, 0) is 20.9 Å². The van der Waals surface area contributed by atoms with Crippen LogP contribution in [0.25, 0.3) is 0 Å². The van der Waals surface area contributed by atoms with Crippen molar-refractivity contribution in [2.75, 3.05) is 45.7 Å². The monoisotopic (exact) mass is 476 g/mol. The van der Waals surface area contributed by atoms with Crippen LogP contribution in [-0.4, -0.2) is 96.0 Å². The molecule has 9 nitrogen and oxygen atoms in total. The van der Waals surface area contributed by atoms with Gasteiger partial charge in [-0.1, -0.05) is 6.07 Å². The summed E-state index contributed by atoms with van der Waals surface area (Å²) in [6, 6.07) is 4.03. The summed E-state index contributed by atoms with van der Waals surface area (Å²) in [6.45, 7) is 3.03. The van der Waals surface area contributed by atoms with Crippen molar-refractivity contribution >= 4 is 23.7 Å². The molecule has 0 spiro atoms. The summed E-state index contributed by atoms with van der Waals surface area (Å²) in [5, 5.41) is 14.2. The molecule has 1 aromatic heterocycles. The largest absolute Gasteiger partial charge is 0.490 e. The lowest BCUT2D eigenvalue weighted by Gasteiger charge is -2.21. The predicted octanol–water partition coefficient (Wildman–Crippen LogP) is 1.69. The standard InChI is InChI=1S/C13H20N4O.2C2HF3O2/c1-15(2)12(18)10-17-8-7-16(3)13-11(9-17)5-4-6-14-13;2*3-2(4,5)1(6)7/h4-6H,7-10H2,1-3H3;2*(H,6,7). The van der Waals surface area contributed by atoms with E-state index in [0.717, 1.165) is 25.5 Å². The number of carboxylic acids is 2. The third kappa shape index (κ3) is 10.8. The number of aromatic nitrogens is 1. The van der Waals surface area contributed by atoms with Gasteiger partial charge >= 0.3 is 24.3 Å². The number of likely N-dealkylation sites (N-methyl/N-ethyl adjacent to an activating group) is 2. The van der Waals surface area contributed by atoms with Gasteiger partial charge in [-0.25, -0.2) is 14.6 Å². The topological polar surface area (TPSA) is 114 Å². The number of nitrogens with zero attached hydrogens (tertiary/aromatic N) is 4. The van der Waals surface area contributed by atoms with Crippen molar-refractivity contribution in [2.45, 2.75) is 18.9 Å². The smallest absolute Gasteiger partial charge is 0.475 e. The molecule has 0 aromatic carbocycles. The summed E-state index contributed by atoms with van der Waals surface area (Å²) in [6.07, 6.45) is -8.35. The Balaban J connectivity index is 0.000000570. The molecule has 0 bridgehead atoms. The van der Waals surface area contributed by atoms with Gasteiger partial charge in [0.2, 0.25) is 5.91 Å². The van der Waals surface area contributed by atoms with Crippen molar-refractivity contribution in [2.24, 2.45) is 0 Å². The van der Waals surface area contributed by atoms with E-state index in [0.29, 0.717) is 6.54 Å². The first-order valence-electron chi connectivity index (χ1n) is 8.64. The maximum atomic E-state index is 11.8. The first kappa shape index (κ1) is 28.9.